The average Bonchev–Trinajstić information content (AvgIpc) is 3.28. The van der Waals surface area contributed by atoms with Gasteiger partial charge in [-0.2, -0.15) is 0 Å². The lowest BCUT2D eigenvalue weighted by atomic mass is 10.0. The predicted octanol–water partition coefficient (Wildman–Crippen LogP) is 17.4. The van der Waals surface area contributed by atoms with E-state index < -0.39 is 12.1 Å². The van der Waals surface area contributed by atoms with Gasteiger partial charge in [0.1, 0.15) is 13.2 Å². The Morgan fingerprint density at radius 2 is 0.683 bits per heavy atom. The van der Waals surface area contributed by atoms with Crippen molar-refractivity contribution < 1.29 is 28.6 Å². The topological polar surface area (TPSA) is 78.9 Å². The summed E-state index contributed by atoms with van der Waals surface area (Å²) < 4.78 is 16.7. The molecule has 63 heavy (non-hydrogen) atoms. The van der Waals surface area contributed by atoms with E-state index in [9.17, 15) is 14.4 Å². The van der Waals surface area contributed by atoms with Gasteiger partial charge in [-0.3, -0.25) is 14.4 Å². The molecule has 0 aromatic rings. The van der Waals surface area contributed by atoms with Gasteiger partial charge in [-0.15, -0.1) is 0 Å². The Labute approximate surface area is 389 Å². The minimum atomic E-state index is -0.830. The molecule has 0 heterocycles. The first-order chi connectivity index (χ1) is 31.0. The number of rotatable bonds is 47. The van der Waals surface area contributed by atoms with Crippen LogP contribution in [0.1, 0.15) is 252 Å². The maximum Gasteiger partial charge on any atom is 0.310 e. The number of unbranched alkanes of at least 4 members (excludes halogenated alkanes) is 25. The van der Waals surface area contributed by atoms with Crippen molar-refractivity contribution in [3.05, 3.63) is 72.9 Å². The van der Waals surface area contributed by atoms with E-state index in [1.807, 2.05) is 6.08 Å². The van der Waals surface area contributed by atoms with Gasteiger partial charge in [0.2, 0.25) is 0 Å². The predicted molar refractivity (Wildman–Crippen MR) is 270 cm³/mol. The molecule has 0 N–H and O–H groups in total. The van der Waals surface area contributed by atoms with Gasteiger partial charge in [-0.1, -0.05) is 241 Å². The minimum absolute atomic E-state index is 0.0970. The summed E-state index contributed by atoms with van der Waals surface area (Å²) in [7, 11) is 0. The van der Waals surface area contributed by atoms with Gasteiger partial charge in [-0.05, 0) is 64.2 Å². The Morgan fingerprint density at radius 3 is 1.08 bits per heavy atom. The van der Waals surface area contributed by atoms with Crippen LogP contribution < -0.4 is 0 Å². The number of ether oxygens (including phenoxy) is 3. The standard InChI is InChI=1S/C57H98O6/c1-4-7-10-13-16-19-22-24-26-27-28-29-31-32-35-38-41-44-47-50-56(59)62-53-54(52-61-55(58)49-46-43-40-37-34-21-18-15-12-9-6-3)63-57(60)51-48-45-42-39-36-33-30-25-23-20-17-14-11-8-5-2/h8,11,15,17-18,20,25,30,36,39,45,48,54H,4-7,9-10,12-14,16,19,21-24,26-29,31-35,37-38,40-44,46-47,49-53H2,1-3H3/b11-8-,18-15-,20-17-,30-25-,39-36-,48-45-. The van der Waals surface area contributed by atoms with Crippen LogP contribution in [0, 0.1) is 0 Å². The molecule has 1 atom stereocenters. The molecule has 0 saturated carbocycles. The lowest BCUT2D eigenvalue weighted by molar-refractivity contribution is -0.166. The van der Waals surface area contributed by atoms with Crippen LogP contribution in [0.5, 0.6) is 0 Å². The first-order valence-corrected chi connectivity index (χ1v) is 26.4. The SMILES string of the molecule is CC/C=C\C/C=C\C/C=C\C/C=C\C/C=C\CC(=O)OC(COC(=O)CCCCCCC/C=C\CCCC)COC(=O)CCCCCCCCCCCCCCCCCCCCC. The second-order valence-corrected chi connectivity index (χ2v) is 17.4. The number of esters is 3. The van der Waals surface area contributed by atoms with Crippen molar-refractivity contribution >= 4 is 17.9 Å². The second-order valence-electron chi connectivity index (χ2n) is 17.4. The molecule has 0 aromatic carbocycles. The van der Waals surface area contributed by atoms with E-state index in [0.29, 0.717) is 12.8 Å². The summed E-state index contributed by atoms with van der Waals surface area (Å²) in [5.41, 5.74) is 0. The van der Waals surface area contributed by atoms with Gasteiger partial charge in [0.05, 0.1) is 6.42 Å². The van der Waals surface area contributed by atoms with E-state index in [0.717, 1.165) is 83.5 Å². The highest BCUT2D eigenvalue weighted by molar-refractivity contribution is 5.72. The van der Waals surface area contributed by atoms with Crippen LogP contribution >= 0.6 is 0 Å². The quantitative estimate of drug-likeness (QED) is 0.0262. The number of hydrogen-bond donors (Lipinski definition) is 0. The molecule has 362 valence electrons. The van der Waals surface area contributed by atoms with E-state index in [1.54, 1.807) is 6.08 Å². The molecule has 0 rings (SSSR count). The highest BCUT2D eigenvalue weighted by Crippen LogP contribution is 2.16. The normalized spacial score (nSPS) is 12.6. The molecule has 0 amide bonds. The first-order valence-electron chi connectivity index (χ1n) is 26.4. The van der Waals surface area contributed by atoms with Crippen LogP contribution in [0.3, 0.4) is 0 Å². The van der Waals surface area contributed by atoms with Gasteiger partial charge < -0.3 is 14.2 Å². The van der Waals surface area contributed by atoms with Crippen LogP contribution in [-0.2, 0) is 28.6 Å². The van der Waals surface area contributed by atoms with Gasteiger partial charge >= 0.3 is 17.9 Å². The summed E-state index contributed by atoms with van der Waals surface area (Å²) in [4.78, 5) is 37.9. The number of carbonyl (C=O) groups is 3. The molecule has 0 aliphatic rings. The molecular formula is C57H98O6. The van der Waals surface area contributed by atoms with Gasteiger partial charge in [0.25, 0.3) is 0 Å². The smallest absolute Gasteiger partial charge is 0.310 e. The lowest BCUT2D eigenvalue weighted by Gasteiger charge is -2.18. The molecule has 0 bridgehead atoms. The van der Waals surface area contributed by atoms with E-state index in [-0.39, 0.29) is 31.6 Å². The average molecular weight is 879 g/mol. The molecular weight excluding hydrogens is 781 g/mol. The summed E-state index contributed by atoms with van der Waals surface area (Å²) in [6.45, 7) is 6.41. The third kappa shape index (κ3) is 49.7. The molecule has 6 heteroatoms. The van der Waals surface area contributed by atoms with Crippen LogP contribution in [0.25, 0.3) is 0 Å². The summed E-state index contributed by atoms with van der Waals surface area (Å²) in [6, 6.07) is 0. The first kappa shape index (κ1) is 59.9. The molecule has 0 aliphatic carbocycles. The van der Waals surface area contributed by atoms with Crippen molar-refractivity contribution in [2.75, 3.05) is 13.2 Å². The maximum absolute atomic E-state index is 12.7. The molecule has 6 nitrogen and oxygen atoms in total. The number of hydrogen-bond acceptors (Lipinski definition) is 6. The fraction of sp³-hybridized carbons (Fsp3) is 0.737. The van der Waals surface area contributed by atoms with Crippen LogP contribution in [-0.4, -0.2) is 37.2 Å². The Balaban J connectivity index is 4.42. The fourth-order valence-corrected chi connectivity index (χ4v) is 7.26. The molecule has 0 aliphatic heterocycles. The molecule has 0 saturated heterocycles. The highest BCUT2D eigenvalue weighted by atomic mass is 16.6. The third-order valence-electron chi connectivity index (χ3n) is 11.2. The Hall–Kier alpha value is -3.15. The Kier molecular flexibility index (Phi) is 48.9. The Morgan fingerprint density at radius 1 is 0.349 bits per heavy atom. The fourth-order valence-electron chi connectivity index (χ4n) is 7.26. The molecule has 0 radical (unpaired) electrons. The zero-order chi connectivity index (χ0) is 45.8. The summed E-state index contributed by atoms with van der Waals surface area (Å²) >= 11 is 0. The zero-order valence-electron chi connectivity index (χ0n) is 41.3. The van der Waals surface area contributed by atoms with Crippen molar-refractivity contribution in [1.82, 2.24) is 0 Å². The monoisotopic (exact) mass is 879 g/mol. The summed E-state index contributed by atoms with van der Waals surface area (Å²) in [6.07, 6.45) is 64.9. The van der Waals surface area contributed by atoms with E-state index in [2.05, 4.69) is 81.5 Å². The van der Waals surface area contributed by atoms with E-state index in [4.69, 9.17) is 14.2 Å². The summed E-state index contributed by atoms with van der Waals surface area (Å²) in [5, 5.41) is 0. The molecule has 0 fully saturated rings. The maximum atomic E-state index is 12.7. The van der Waals surface area contributed by atoms with Crippen molar-refractivity contribution in [1.29, 1.82) is 0 Å². The van der Waals surface area contributed by atoms with Gasteiger partial charge in [0.15, 0.2) is 6.10 Å². The van der Waals surface area contributed by atoms with E-state index in [1.165, 1.54) is 128 Å². The van der Waals surface area contributed by atoms with Crippen molar-refractivity contribution in [2.45, 2.75) is 258 Å². The zero-order valence-corrected chi connectivity index (χ0v) is 41.3. The second kappa shape index (κ2) is 51.5. The van der Waals surface area contributed by atoms with Crippen molar-refractivity contribution in [2.24, 2.45) is 0 Å². The lowest BCUT2D eigenvalue weighted by Crippen LogP contribution is -2.30. The number of carbonyl (C=O) groups excluding carboxylic acids is 3. The molecule has 0 aromatic heterocycles. The van der Waals surface area contributed by atoms with Gasteiger partial charge in [0, 0.05) is 12.8 Å². The largest absolute Gasteiger partial charge is 0.462 e. The molecule has 0 spiro atoms. The highest BCUT2D eigenvalue weighted by Gasteiger charge is 2.19. The van der Waals surface area contributed by atoms with E-state index >= 15 is 0 Å². The van der Waals surface area contributed by atoms with Crippen LogP contribution in [0.4, 0.5) is 0 Å². The van der Waals surface area contributed by atoms with Gasteiger partial charge in [-0.25, -0.2) is 0 Å². The number of allylic oxidation sites excluding steroid dienone is 11. The van der Waals surface area contributed by atoms with Crippen molar-refractivity contribution in [3.63, 3.8) is 0 Å². The summed E-state index contributed by atoms with van der Waals surface area (Å²) in [5.74, 6) is -1.05. The Bertz CT molecular complexity index is 1190. The third-order valence-corrected chi connectivity index (χ3v) is 11.2. The van der Waals surface area contributed by atoms with Crippen molar-refractivity contribution in [3.8, 4) is 0 Å². The van der Waals surface area contributed by atoms with Crippen LogP contribution in [0.15, 0.2) is 72.9 Å². The van der Waals surface area contributed by atoms with Crippen LogP contribution in [0.2, 0.25) is 0 Å². The molecule has 1 unspecified atom stereocenters. The minimum Gasteiger partial charge on any atom is -0.462 e.